The van der Waals surface area contributed by atoms with Gasteiger partial charge in [-0.1, -0.05) is 151 Å². The Balaban J connectivity index is 1.16. The molecule has 7 nitrogen and oxygen atoms in total. The van der Waals surface area contributed by atoms with Crippen LogP contribution in [0.2, 0.25) is 5.02 Å². The van der Waals surface area contributed by atoms with Crippen LogP contribution in [0.25, 0.3) is 0 Å². The van der Waals surface area contributed by atoms with Gasteiger partial charge in [0.05, 0.1) is 32.0 Å². The first-order valence-electron chi connectivity index (χ1n) is 19.8. The van der Waals surface area contributed by atoms with Crippen LogP contribution in [0.1, 0.15) is 52.8 Å². The maximum atomic E-state index is 12.2. The molecule has 58 heavy (non-hydrogen) atoms. The van der Waals surface area contributed by atoms with E-state index in [-0.39, 0.29) is 26.4 Å². The normalized spacial score (nSPS) is 22.8. The van der Waals surface area contributed by atoms with Crippen molar-refractivity contribution < 1.29 is 33.5 Å². The highest BCUT2D eigenvalue weighted by molar-refractivity contribution is 6.31. The number of fused-ring (bicyclic) bond motifs is 2. The van der Waals surface area contributed by atoms with E-state index in [1.165, 1.54) is 0 Å². The van der Waals surface area contributed by atoms with Gasteiger partial charge in [-0.3, -0.25) is 0 Å². The predicted molar refractivity (Wildman–Crippen MR) is 224 cm³/mol. The molecule has 0 aromatic heterocycles. The average Bonchev–Trinajstić information content (AvgIpc) is 3.63. The van der Waals surface area contributed by atoms with Gasteiger partial charge in [0.15, 0.2) is 5.60 Å². The van der Waals surface area contributed by atoms with Crippen LogP contribution in [0.3, 0.4) is 0 Å². The second kappa shape index (κ2) is 17.6. The molecule has 2 saturated heterocycles. The molecule has 0 unspecified atom stereocenters. The van der Waals surface area contributed by atoms with E-state index in [9.17, 15) is 5.11 Å². The number of halogens is 1. The first-order chi connectivity index (χ1) is 28.2. The third-order valence-electron chi connectivity index (χ3n) is 11.1. The molecule has 8 heteroatoms. The Morgan fingerprint density at radius 1 is 0.603 bits per heavy atom. The van der Waals surface area contributed by atoms with E-state index in [1.807, 2.05) is 152 Å². The maximum Gasteiger partial charge on any atom is 0.225 e. The molecular weight excluding hydrogens is 748 g/mol. The Morgan fingerprint density at radius 3 is 1.64 bits per heavy atom. The largest absolute Gasteiger partial charge is 0.489 e. The Hall–Kier alpha value is -4.83. The molecule has 2 aliphatic rings. The zero-order valence-corrected chi connectivity index (χ0v) is 33.6. The van der Waals surface area contributed by atoms with Crippen LogP contribution in [-0.2, 0) is 62.3 Å². The Kier molecular flexibility index (Phi) is 12.1. The molecule has 298 valence electrons. The monoisotopic (exact) mass is 796 g/mol. The van der Waals surface area contributed by atoms with Crippen LogP contribution in [0.5, 0.6) is 5.75 Å². The molecule has 6 aromatic carbocycles. The molecule has 5 atom stereocenters. The lowest BCUT2D eigenvalue weighted by atomic mass is 9.74. The summed E-state index contributed by atoms with van der Waals surface area (Å²) < 4.78 is 41.1. The van der Waals surface area contributed by atoms with Crippen LogP contribution >= 0.6 is 11.6 Å². The lowest BCUT2D eigenvalue weighted by Crippen LogP contribution is -2.72. The van der Waals surface area contributed by atoms with Gasteiger partial charge < -0.3 is 33.5 Å². The average molecular weight is 797 g/mol. The van der Waals surface area contributed by atoms with E-state index < -0.39 is 35.3 Å². The summed E-state index contributed by atoms with van der Waals surface area (Å²) in [5.74, 6) is -0.717. The highest BCUT2D eigenvalue weighted by Crippen LogP contribution is 2.56. The van der Waals surface area contributed by atoms with Gasteiger partial charge >= 0.3 is 0 Å². The van der Waals surface area contributed by atoms with Gasteiger partial charge in [0, 0.05) is 10.6 Å². The van der Waals surface area contributed by atoms with Gasteiger partial charge in [0.25, 0.3) is 0 Å². The predicted octanol–water partition coefficient (Wildman–Crippen LogP) is 9.99. The fourth-order valence-corrected chi connectivity index (χ4v) is 8.09. The van der Waals surface area contributed by atoms with Gasteiger partial charge in [0.1, 0.15) is 30.7 Å². The molecular formula is C50H49ClO7. The molecule has 6 aromatic rings. The molecule has 0 aliphatic carbocycles. The molecule has 2 heterocycles. The van der Waals surface area contributed by atoms with Crippen molar-refractivity contribution in [2.45, 2.75) is 82.0 Å². The summed E-state index contributed by atoms with van der Waals surface area (Å²) in [5.41, 5.74) is 3.90. The third-order valence-corrected chi connectivity index (χ3v) is 11.5. The fraction of sp³-hybridized carbons (Fsp3) is 0.280. The molecule has 2 bridgehead atoms. The van der Waals surface area contributed by atoms with Crippen LogP contribution in [0, 0.1) is 0 Å². The van der Waals surface area contributed by atoms with Gasteiger partial charge in [-0.2, -0.15) is 0 Å². The van der Waals surface area contributed by atoms with E-state index in [0.29, 0.717) is 23.6 Å². The fourth-order valence-electron chi connectivity index (χ4n) is 7.91. The van der Waals surface area contributed by atoms with Gasteiger partial charge in [-0.15, -0.1) is 0 Å². The number of benzene rings is 6. The number of hydrogen-bond acceptors (Lipinski definition) is 7. The summed E-state index contributed by atoms with van der Waals surface area (Å²) >= 11 is 6.96. The minimum Gasteiger partial charge on any atom is -0.489 e. The minimum atomic E-state index is -1.50. The summed E-state index contributed by atoms with van der Waals surface area (Å²) in [7, 11) is 0. The number of ether oxygens (including phenoxy) is 6. The summed E-state index contributed by atoms with van der Waals surface area (Å²) in [4.78, 5) is 0. The van der Waals surface area contributed by atoms with Crippen molar-refractivity contribution in [1.29, 1.82) is 0 Å². The molecule has 0 saturated carbocycles. The Labute approximate surface area is 346 Å². The topological polar surface area (TPSA) is 75.6 Å². The molecule has 2 fully saturated rings. The van der Waals surface area contributed by atoms with Gasteiger partial charge in [-0.05, 0) is 77.9 Å². The van der Waals surface area contributed by atoms with E-state index >= 15 is 0 Å². The Morgan fingerprint density at radius 2 is 1.10 bits per heavy atom. The van der Waals surface area contributed by atoms with Crippen molar-refractivity contribution in [1.82, 2.24) is 0 Å². The number of rotatable bonds is 16. The zero-order chi connectivity index (χ0) is 40.0. The van der Waals surface area contributed by atoms with Crippen molar-refractivity contribution in [2.75, 3.05) is 6.61 Å². The van der Waals surface area contributed by atoms with Crippen LogP contribution in [-0.4, -0.2) is 41.2 Å². The van der Waals surface area contributed by atoms with E-state index in [2.05, 4.69) is 12.1 Å². The van der Waals surface area contributed by atoms with Crippen LogP contribution in [0.4, 0.5) is 0 Å². The maximum absolute atomic E-state index is 12.2. The lowest BCUT2D eigenvalue weighted by Gasteiger charge is -2.54. The van der Waals surface area contributed by atoms with E-state index in [1.54, 1.807) is 13.8 Å². The lowest BCUT2D eigenvalue weighted by molar-refractivity contribution is -0.369. The summed E-state index contributed by atoms with van der Waals surface area (Å²) in [6.07, 6.45) is -1.85. The zero-order valence-electron chi connectivity index (χ0n) is 32.8. The SMILES string of the molecule is CC(C)(O)[C@@]12CO[C@@](c3ccc(Cl)c(Cc4ccc(OCc5ccccc5)cc4)c3)(O1)[C@H](OCc1ccccc1)[C@@H](OCc1ccccc1)[C@@H]2OCc1ccccc1. The molecule has 8 rings (SSSR count). The smallest absolute Gasteiger partial charge is 0.225 e. The summed E-state index contributed by atoms with van der Waals surface area (Å²) in [6, 6.07) is 54.0. The number of aliphatic hydroxyl groups is 1. The van der Waals surface area contributed by atoms with Crippen molar-refractivity contribution in [2.24, 2.45) is 0 Å². The molecule has 0 radical (unpaired) electrons. The summed E-state index contributed by atoms with van der Waals surface area (Å²) in [5, 5.41) is 12.8. The van der Waals surface area contributed by atoms with Crippen LogP contribution in [0.15, 0.2) is 164 Å². The second-order valence-electron chi connectivity index (χ2n) is 15.6. The van der Waals surface area contributed by atoms with Crippen LogP contribution < -0.4 is 4.74 Å². The molecule has 0 spiro atoms. The van der Waals surface area contributed by atoms with Gasteiger partial charge in [0.2, 0.25) is 5.79 Å². The molecule has 0 amide bonds. The summed E-state index contributed by atoms with van der Waals surface area (Å²) in [6.45, 7) is 4.79. The first-order valence-corrected chi connectivity index (χ1v) is 20.2. The minimum absolute atomic E-state index is 0.0226. The highest BCUT2D eigenvalue weighted by Gasteiger charge is 2.73. The van der Waals surface area contributed by atoms with E-state index in [0.717, 1.165) is 39.1 Å². The quantitative estimate of drug-likeness (QED) is 0.105. The third kappa shape index (κ3) is 8.63. The van der Waals surface area contributed by atoms with Crippen molar-refractivity contribution in [3.8, 4) is 5.75 Å². The molecule has 1 N–H and O–H groups in total. The van der Waals surface area contributed by atoms with Crippen molar-refractivity contribution in [3.63, 3.8) is 0 Å². The van der Waals surface area contributed by atoms with E-state index in [4.69, 9.17) is 40.0 Å². The first kappa shape index (κ1) is 40.0. The highest BCUT2D eigenvalue weighted by atomic mass is 35.5. The van der Waals surface area contributed by atoms with Crippen molar-refractivity contribution in [3.05, 3.63) is 208 Å². The number of hydrogen-bond donors (Lipinski definition) is 1. The standard InChI is InChI=1S/C50H49ClO7/c1-48(2,52)49-35-57-50(58-49,42-25-28-44(51)41(30-42)29-36-23-26-43(27-24-36)53-31-37-15-7-3-8-16-37)47(56-34-40-21-13-6-14-22-40)45(54-32-38-17-9-4-10-18-38)46(49)55-33-39-19-11-5-12-20-39/h3-28,30,45-47,52H,29,31-35H2,1-2H3/t45-,46-,47+,49-,50-/m0/s1. The van der Waals surface area contributed by atoms with Gasteiger partial charge in [-0.25, -0.2) is 0 Å². The van der Waals surface area contributed by atoms with Crippen molar-refractivity contribution >= 4 is 11.6 Å². The molecule has 2 aliphatic heterocycles. The Bertz CT molecular complexity index is 2210. The second-order valence-corrected chi connectivity index (χ2v) is 16.0.